The molecule has 1 aromatic rings. The quantitative estimate of drug-likeness (QED) is 0.861. The van der Waals surface area contributed by atoms with Gasteiger partial charge < -0.3 is 11.1 Å². The maximum absolute atomic E-state index is 12.0. The highest BCUT2D eigenvalue weighted by Gasteiger charge is 2.31. The van der Waals surface area contributed by atoms with Crippen LogP contribution in [0.2, 0.25) is 0 Å². The second-order valence-electron chi connectivity index (χ2n) is 5.59. The van der Waals surface area contributed by atoms with Crippen molar-refractivity contribution in [2.75, 3.05) is 5.32 Å². The second-order valence-corrected chi connectivity index (χ2v) is 5.59. The van der Waals surface area contributed by atoms with Crippen LogP contribution in [-0.4, -0.2) is 11.4 Å². The Bertz CT molecular complexity index is 448. The van der Waals surface area contributed by atoms with E-state index in [2.05, 4.69) is 12.2 Å². The summed E-state index contributed by atoms with van der Waals surface area (Å²) in [6.45, 7) is 4.11. The van der Waals surface area contributed by atoms with Crippen molar-refractivity contribution in [1.29, 1.82) is 0 Å². The van der Waals surface area contributed by atoms with E-state index in [0.717, 1.165) is 31.4 Å². The molecule has 1 saturated carbocycles. The zero-order valence-electron chi connectivity index (χ0n) is 11.3. The minimum Gasteiger partial charge on any atom is -0.326 e. The maximum Gasteiger partial charge on any atom is 0.226 e. The first kappa shape index (κ1) is 13.1. The molecule has 0 unspecified atom stereocenters. The van der Waals surface area contributed by atoms with Crippen molar-refractivity contribution in [1.82, 2.24) is 0 Å². The second kappa shape index (κ2) is 5.11. The monoisotopic (exact) mass is 246 g/mol. The van der Waals surface area contributed by atoms with E-state index >= 15 is 0 Å². The summed E-state index contributed by atoms with van der Waals surface area (Å²) in [5.74, 6) is 0.0302. The molecule has 3 heteroatoms. The van der Waals surface area contributed by atoms with Crippen LogP contribution in [0.25, 0.3) is 0 Å². The van der Waals surface area contributed by atoms with E-state index in [4.69, 9.17) is 5.73 Å². The van der Waals surface area contributed by atoms with Gasteiger partial charge in [0.1, 0.15) is 0 Å². The summed E-state index contributed by atoms with van der Waals surface area (Å²) in [4.78, 5) is 12.0. The number of hydrogen-bond acceptors (Lipinski definition) is 2. The fourth-order valence-corrected chi connectivity index (χ4v) is 2.60. The molecule has 1 aliphatic carbocycles. The van der Waals surface area contributed by atoms with E-state index < -0.39 is 0 Å². The third-order valence-electron chi connectivity index (χ3n) is 3.90. The summed E-state index contributed by atoms with van der Waals surface area (Å²) in [6.07, 6.45) is 4.65. The topological polar surface area (TPSA) is 55.1 Å². The number of carbonyl (C=O) groups excluding carboxylic acids is 1. The van der Waals surface area contributed by atoms with Crippen molar-refractivity contribution in [3.8, 4) is 0 Å². The van der Waals surface area contributed by atoms with E-state index in [1.165, 1.54) is 11.1 Å². The van der Waals surface area contributed by atoms with Gasteiger partial charge >= 0.3 is 0 Å². The summed E-state index contributed by atoms with van der Waals surface area (Å²) >= 11 is 0. The van der Waals surface area contributed by atoms with Crippen LogP contribution in [0.15, 0.2) is 18.2 Å². The number of hydrogen-bond donors (Lipinski definition) is 2. The Labute approximate surface area is 109 Å². The molecule has 0 spiro atoms. The highest BCUT2D eigenvalue weighted by molar-refractivity contribution is 5.91. The number of aryl methyl sites for hydroxylation is 2. The predicted octanol–water partition coefficient (Wildman–Crippen LogP) is 2.90. The van der Waals surface area contributed by atoms with Crippen molar-refractivity contribution in [2.45, 2.75) is 51.5 Å². The lowest BCUT2D eigenvalue weighted by Gasteiger charge is -2.22. The predicted molar refractivity (Wildman–Crippen MR) is 74.5 cm³/mol. The first-order chi connectivity index (χ1) is 8.48. The molecule has 0 aromatic heterocycles. The van der Waals surface area contributed by atoms with E-state index in [1.54, 1.807) is 0 Å². The maximum atomic E-state index is 12.0. The molecule has 0 bridgehead atoms. The van der Waals surface area contributed by atoms with Gasteiger partial charge in [0.05, 0.1) is 0 Å². The van der Waals surface area contributed by atoms with Gasteiger partial charge in [0.25, 0.3) is 0 Å². The standard InChI is InChI=1S/C15H22N2O/c1-11-5-6-13(9-12(11)2)17-14(18)10-15(16)7-3-4-8-15/h5-6,9H,3-4,7-8,10,16H2,1-2H3,(H,17,18). The fraction of sp³-hybridized carbons (Fsp3) is 0.533. The third-order valence-corrected chi connectivity index (χ3v) is 3.90. The molecule has 2 rings (SSSR count). The van der Waals surface area contributed by atoms with Gasteiger partial charge in [0.2, 0.25) is 5.91 Å². The highest BCUT2D eigenvalue weighted by atomic mass is 16.1. The Morgan fingerprint density at radius 3 is 2.56 bits per heavy atom. The number of rotatable bonds is 3. The molecular formula is C15H22N2O. The number of carbonyl (C=O) groups is 1. The highest BCUT2D eigenvalue weighted by Crippen LogP contribution is 2.30. The Morgan fingerprint density at radius 2 is 1.94 bits per heavy atom. The molecule has 1 amide bonds. The van der Waals surface area contributed by atoms with Gasteiger partial charge in [-0.05, 0) is 49.9 Å². The lowest BCUT2D eigenvalue weighted by atomic mass is 9.94. The number of anilines is 1. The van der Waals surface area contributed by atoms with Gasteiger partial charge in [0, 0.05) is 17.6 Å². The first-order valence-electron chi connectivity index (χ1n) is 6.65. The summed E-state index contributed by atoms with van der Waals surface area (Å²) in [5.41, 5.74) is 9.22. The van der Waals surface area contributed by atoms with Gasteiger partial charge in [-0.2, -0.15) is 0 Å². The third kappa shape index (κ3) is 3.10. The Balaban J connectivity index is 1.96. The van der Waals surface area contributed by atoms with Crippen LogP contribution in [0.3, 0.4) is 0 Å². The van der Waals surface area contributed by atoms with Crippen molar-refractivity contribution < 1.29 is 4.79 Å². The van der Waals surface area contributed by atoms with Crippen LogP contribution in [0.4, 0.5) is 5.69 Å². The minimum atomic E-state index is -0.274. The molecule has 0 radical (unpaired) electrons. The molecule has 0 saturated heterocycles. The Kier molecular flexibility index (Phi) is 3.71. The van der Waals surface area contributed by atoms with Crippen LogP contribution < -0.4 is 11.1 Å². The molecule has 3 N–H and O–H groups in total. The van der Waals surface area contributed by atoms with Crippen LogP contribution in [0, 0.1) is 13.8 Å². The van der Waals surface area contributed by atoms with Crippen LogP contribution in [-0.2, 0) is 4.79 Å². The van der Waals surface area contributed by atoms with E-state index in [1.807, 2.05) is 25.1 Å². The molecule has 18 heavy (non-hydrogen) atoms. The normalized spacial score (nSPS) is 17.7. The van der Waals surface area contributed by atoms with Crippen molar-refractivity contribution in [3.05, 3.63) is 29.3 Å². The zero-order chi connectivity index (χ0) is 13.2. The van der Waals surface area contributed by atoms with Gasteiger partial charge in [-0.1, -0.05) is 18.9 Å². The van der Waals surface area contributed by atoms with Crippen LogP contribution >= 0.6 is 0 Å². The molecule has 0 aliphatic heterocycles. The van der Waals surface area contributed by atoms with Gasteiger partial charge in [-0.25, -0.2) is 0 Å². The summed E-state index contributed by atoms with van der Waals surface area (Å²) in [7, 11) is 0. The van der Waals surface area contributed by atoms with Crippen molar-refractivity contribution in [3.63, 3.8) is 0 Å². The van der Waals surface area contributed by atoms with Gasteiger partial charge in [-0.3, -0.25) is 4.79 Å². The lowest BCUT2D eigenvalue weighted by molar-refractivity contribution is -0.117. The molecule has 0 heterocycles. The number of amides is 1. The van der Waals surface area contributed by atoms with Gasteiger partial charge in [-0.15, -0.1) is 0 Å². The summed E-state index contributed by atoms with van der Waals surface area (Å²) in [6, 6.07) is 5.97. The Hall–Kier alpha value is -1.35. The summed E-state index contributed by atoms with van der Waals surface area (Å²) in [5, 5.41) is 2.94. The van der Waals surface area contributed by atoms with Crippen LogP contribution in [0.5, 0.6) is 0 Å². The van der Waals surface area contributed by atoms with Gasteiger partial charge in [0.15, 0.2) is 0 Å². The SMILES string of the molecule is Cc1ccc(NC(=O)CC2(N)CCCC2)cc1C. The number of nitrogens with two attached hydrogens (primary N) is 1. The number of benzene rings is 1. The molecule has 98 valence electrons. The average molecular weight is 246 g/mol. The largest absolute Gasteiger partial charge is 0.326 e. The van der Waals surface area contributed by atoms with E-state index in [-0.39, 0.29) is 11.4 Å². The molecule has 1 aliphatic rings. The summed E-state index contributed by atoms with van der Waals surface area (Å²) < 4.78 is 0. The number of nitrogens with one attached hydrogen (secondary N) is 1. The minimum absolute atomic E-state index is 0.0302. The molecule has 3 nitrogen and oxygen atoms in total. The first-order valence-corrected chi connectivity index (χ1v) is 6.65. The van der Waals surface area contributed by atoms with Crippen molar-refractivity contribution >= 4 is 11.6 Å². The molecular weight excluding hydrogens is 224 g/mol. The average Bonchev–Trinajstić information content (AvgIpc) is 2.70. The van der Waals surface area contributed by atoms with Crippen molar-refractivity contribution in [2.24, 2.45) is 5.73 Å². The molecule has 1 aromatic carbocycles. The van der Waals surface area contributed by atoms with E-state index in [9.17, 15) is 4.79 Å². The zero-order valence-corrected chi connectivity index (χ0v) is 11.3. The van der Waals surface area contributed by atoms with Crippen LogP contribution in [0.1, 0.15) is 43.2 Å². The fourth-order valence-electron chi connectivity index (χ4n) is 2.60. The Morgan fingerprint density at radius 1 is 1.28 bits per heavy atom. The smallest absolute Gasteiger partial charge is 0.226 e. The molecule has 0 atom stereocenters. The van der Waals surface area contributed by atoms with E-state index in [0.29, 0.717) is 6.42 Å². The lowest BCUT2D eigenvalue weighted by Crippen LogP contribution is -2.40. The molecule has 1 fully saturated rings.